The number of carbonyl (C=O) groups excluding carboxylic acids is 1. The van der Waals surface area contributed by atoms with Gasteiger partial charge in [0, 0.05) is 25.3 Å². The van der Waals surface area contributed by atoms with Gasteiger partial charge < -0.3 is 10.0 Å². The van der Waals surface area contributed by atoms with E-state index in [1.165, 1.54) is 4.90 Å². The average molecular weight is 311 g/mol. The third-order valence-electron chi connectivity index (χ3n) is 3.92. The van der Waals surface area contributed by atoms with Gasteiger partial charge >= 0.3 is 5.97 Å². The lowest BCUT2D eigenvalue weighted by molar-refractivity contribution is -0.149. The molecule has 22 heavy (non-hydrogen) atoms. The summed E-state index contributed by atoms with van der Waals surface area (Å²) in [6, 6.07) is 9.05. The normalized spacial score (nSPS) is 17.9. The number of carboxylic acids is 1. The van der Waals surface area contributed by atoms with Crippen molar-refractivity contribution < 1.29 is 23.5 Å². The van der Waals surface area contributed by atoms with Gasteiger partial charge in [0.1, 0.15) is 6.54 Å². The van der Waals surface area contributed by atoms with Gasteiger partial charge in [0.2, 0.25) is 11.8 Å². The highest BCUT2D eigenvalue weighted by atomic mass is 19.3. The Balaban J connectivity index is 2.05. The maximum atomic E-state index is 13.2. The van der Waals surface area contributed by atoms with Crippen LogP contribution in [0.15, 0.2) is 30.3 Å². The molecule has 0 radical (unpaired) electrons. The number of benzene rings is 1. The number of amides is 1. The Bertz CT molecular complexity index is 523. The van der Waals surface area contributed by atoms with Gasteiger partial charge in [0.05, 0.1) is 0 Å². The molecule has 1 aromatic carbocycles. The third kappa shape index (κ3) is 4.51. The van der Waals surface area contributed by atoms with E-state index in [1.807, 2.05) is 6.07 Å². The van der Waals surface area contributed by atoms with Crippen molar-refractivity contribution in [3.8, 4) is 0 Å². The zero-order valence-corrected chi connectivity index (χ0v) is 12.2. The van der Waals surface area contributed by atoms with Gasteiger partial charge in [-0.05, 0) is 18.4 Å². The highest BCUT2D eigenvalue weighted by Crippen LogP contribution is 2.36. The second-order valence-corrected chi connectivity index (χ2v) is 5.70. The van der Waals surface area contributed by atoms with Crippen LogP contribution in [0.3, 0.4) is 0 Å². The number of aliphatic carboxylic acids is 1. The lowest BCUT2D eigenvalue weighted by Gasteiger charge is -2.31. The van der Waals surface area contributed by atoms with Crippen LogP contribution in [0.4, 0.5) is 8.78 Å². The second-order valence-electron chi connectivity index (χ2n) is 5.70. The Hall–Kier alpha value is -1.98. The fraction of sp³-hybridized carbons (Fsp3) is 0.500. The van der Waals surface area contributed by atoms with Gasteiger partial charge in [0.25, 0.3) is 0 Å². The molecule has 0 heterocycles. The van der Waals surface area contributed by atoms with E-state index in [0.29, 0.717) is 0 Å². The molecular weight excluding hydrogens is 292 g/mol. The van der Waals surface area contributed by atoms with Crippen molar-refractivity contribution in [1.29, 1.82) is 0 Å². The lowest BCUT2D eigenvalue weighted by atomic mass is 9.86. The molecule has 120 valence electrons. The predicted molar refractivity (Wildman–Crippen MR) is 76.4 cm³/mol. The largest absolute Gasteiger partial charge is 0.480 e. The molecule has 4 nitrogen and oxygen atoms in total. The smallest absolute Gasteiger partial charge is 0.323 e. The molecule has 0 aromatic heterocycles. The van der Waals surface area contributed by atoms with Crippen LogP contribution in [-0.4, -0.2) is 34.4 Å². The SMILES string of the molecule is O=C(O)CN(Cc1ccccc1)C(=O)C1CCC(F)(F)CC1. The topological polar surface area (TPSA) is 57.6 Å². The number of carboxylic acid groups (broad SMARTS) is 1. The Labute approximate surface area is 127 Å². The molecule has 1 aliphatic carbocycles. The van der Waals surface area contributed by atoms with E-state index in [4.69, 9.17) is 5.11 Å². The van der Waals surface area contributed by atoms with Gasteiger partial charge in [-0.15, -0.1) is 0 Å². The molecule has 0 bridgehead atoms. The maximum Gasteiger partial charge on any atom is 0.323 e. The van der Waals surface area contributed by atoms with Crippen LogP contribution in [0.5, 0.6) is 0 Å². The van der Waals surface area contributed by atoms with Gasteiger partial charge in [0.15, 0.2) is 0 Å². The Kier molecular flexibility index (Phi) is 5.11. The summed E-state index contributed by atoms with van der Waals surface area (Å²) in [5.74, 6) is -4.66. The van der Waals surface area contributed by atoms with Crippen LogP contribution in [0.1, 0.15) is 31.2 Å². The number of carbonyl (C=O) groups is 2. The van der Waals surface area contributed by atoms with E-state index in [2.05, 4.69) is 0 Å². The van der Waals surface area contributed by atoms with Crippen molar-refractivity contribution in [3.05, 3.63) is 35.9 Å². The second kappa shape index (κ2) is 6.85. The zero-order valence-electron chi connectivity index (χ0n) is 12.2. The summed E-state index contributed by atoms with van der Waals surface area (Å²) < 4.78 is 26.4. The van der Waals surface area contributed by atoms with Crippen molar-refractivity contribution in [2.45, 2.75) is 38.2 Å². The Morgan fingerprint density at radius 2 is 1.77 bits per heavy atom. The number of hydrogen-bond donors (Lipinski definition) is 1. The van der Waals surface area contributed by atoms with Crippen LogP contribution in [-0.2, 0) is 16.1 Å². The van der Waals surface area contributed by atoms with Crippen LogP contribution >= 0.6 is 0 Å². The van der Waals surface area contributed by atoms with Crippen LogP contribution < -0.4 is 0 Å². The van der Waals surface area contributed by atoms with Crippen LogP contribution in [0.25, 0.3) is 0 Å². The molecule has 1 aromatic rings. The van der Waals surface area contributed by atoms with E-state index in [1.54, 1.807) is 24.3 Å². The van der Waals surface area contributed by atoms with Gasteiger partial charge in [-0.1, -0.05) is 30.3 Å². The fourth-order valence-corrected chi connectivity index (χ4v) is 2.72. The zero-order chi connectivity index (χ0) is 16.2. The summed E-state index contributed by atoms with van der Waals surface area (Å²) in [5.41, 5.74) is 0.818. The van der Waals surface area contributed by atoms with Crippen molar-refractivity contribution in [1.82, 2.24) is 4.90 Å². The molecule has 0 aliphatic heterocycles. The van der Waals surface area contributed by atoms with Crippen LogP contribution in [0, 0.1) is 5.92 Å². The first-order valence-electron chi connectivity index (χ1n) is 7.30. The third-order valence-corrected chi connectivity index (χ3v) is 3.92. The van der Waals surface area contributed by atoms with E-state index >= 15 is 0 Å². The summed E-state index contributed by atoms with van der Waals surface area (Å²) in [6.45, 7) is -0.237. The van der Waals surface area contributed by atoms with Crippen molar-refractivity contribution >= 4 is 11.9 Å². The molecule has 1 N–H and O–H groups in total. The molecule has 1 fully saturated rings. The first-order chi connectivity index (χ1) is 10.4. The summed E-state index contributed by atoms with van der Waals surface area (Å²) in [7, 11) is 0. The Morgan fingerprint density at radius 1 is 1.18 bits per heavy atom. The Morgan fingerprint density at radius 3 is 2.32 bits per heavy atom. The van der Waals surface area contributed by atoms with Gasteiger partial charge in [-0.2, -0.15) is 0 Å². The lowest BCUT2D eigenvalue weighted by Crippen LogP contribution is -2.41. The van der Waals surface area contributed by atoms with E-state index in [0.717, 1.165) is 5.56 Å². The first kappa shape index (κ1) is 16.4. The van der Waals surface area contributed by atoms with E-state index in [9.17, 15) is 18.4 Å². The molecular formula is C16H19F2NO3. The molecule has 0 unspecified atom stereocenters. The molecule has 2 rings (SSSR count). The number of halogens is 2. The average Bonchev–Trinajstić information content (AvgIpc) is 2.46. The number of nitrogens with zero attached hydrogens (tertiary/aromatic N) is 1. The summed E-state index contributed by atoms with van der Waals surface area (Å²) >= 11 is 0. The van der Waals surface area contributed by atoms with E-state index < -0.39 is 24.4 Å². The highest BCUT2D eigenvalue weighted by Gasteiger charge is 2.38. The number of alkyl halides is 2. The standard InChI is InChI=1S/C16H19F2NO3/c17-16(18)8-6-13(7-9-16)15(22)19(11-14(20)21)10-12-4-2-1-3-5-12/h1-5,13H,6-11H2,(H,20,21). The van der Waals surface area contributed by atoms with Crippen molar-refractivity contribution in [2.24, 2.45) is 5.92 Å². The summed E-state index contributed by atoms with van der Waals surface area (Å²) in [5, 5.41) is 8.98. The molecule has 6 heteroatoms. The highest BCUT2D eigenvalue weighted by molar-refractivity contribution is 5.83. The number of hydrogen-bond acceptors (Lipinski definition) is 2. The minimum atomic E-state index is -2.70. The quantitative estimate of drug-likeness (QED) is 0.909. The van der Waals surface area contributed by atoms with E-state index in [-0.39, 0.29) is 38.1 Å². The van der Waals surface area contributed by atoms with Crippen molar-refractivity contribution in [3.63, 3.8) is 0 Å². The first-order valence-corrected chi connectivity index (χ1v) is 7.30. The number of rotatable bonds is 5. The molecule has 0 saturated heterocycles. The predicted octanol–water partition coefficient (Wildman–Crippen LogP) is 2.93. The van der Waals surface area contributed by atoms with Gasteiger partial charge in [-0.25, -0.2) is 8.78 Å². The molecule has 0 atom stereocenters. The van der Waals surface area contributed by atoms with Gasteiger partial charge in [-0.3, -0.25) is 9.59 Å². The molecule has 1 amide bonds. The minimum Gasteiger partial charge on any atom is -0.480 e. The fourth-order valence-electron chi connectivity index (χ4n) is 2.72. The molecule has 0 spiro atoms. The molecule has 1 saturated carbocycles. The minimum absolute atomic E-state index is 0.108. The monoisotopic (exact) mass is 311 g/mol. The molecule has 1 aliphatic rings. The summed E-state index contributed by atoms with van der Waals surface area (Å²) in [6.07, 6.45) is -0.404. The summed E-state index contributed by atoms with van der Waals surface area (Å²) in [4.78, 5) is 24.7. The van der Waals surface area contributed by atoms with Crippen LogP contribution in [0.2, 0.25) is 0 Å². The van der Waals surface area contributed by atoms with Crippen molar-refractivity contribution in [2.75, 3.05) is 6.54 Å². The maximum absolute atomic E-state index is 13.2.